The van der Waals surface area contributed by atoms with Crippen molar-refractivity contribution in [3.05, 3.63) is 65.0 Å². The average molecular weight is 325 g/mol. The first-order chi connectivity index (χ1) is 11.3. The standard InChI is InChI=1S/C21H24FNO/c1-13-9-10-15(22)11-17(13)20-18(12-21(20,3)4)16-7-5-6-8-19(16)23-14(2)24/h5-11,18,20H,12H2,1-4H3,(H,23,24). The van der Waals surface area contributed by atoms with Gasteiger partial charge in [-0.1, -0.05) is 38.1 Å². The van der Waals surface area contributed by atoms with Crippen LogP contribution in [0.15, 0.2) is 42.5 Å². The van der Waals surface area contributed by atoms with Gasteiger partial charge in [0.1, 0.15) is 5.82 Å². The highest BCUT2D eigenvalue weighted by Crippen LogP contribution is 2.62. The highest BCUT2D eigenvalue weighted by molar-refractivity contribution is 5.89. The van der Waals surface area contributed by atoms with Crippen molar-refractivity contribution >= 4 is 11.6 Å². The normalized spacial score (nSPS) is 21.9. The smallest absolute Gasteiger partial charge is 0.221 e. The van der Waals surface area contributed by atoms with E-state index in [9.17, 15) is 9.18 Å². The summed E-state index contributed by atoms with van der Waals surface area (Å²) < 4.78 is 13.8. The number of hydrogen-bond acceptors (Lipinski definition) is 1. The SMILES string of the molecule is CC(=O)Nc1ccccc1C1CC(C)(C)C1c1cc(F)ccc1C. The Morgan fingerprint density at radius 2 is 1.88 bits per heavy atom. The summed E-state index contributed by atoms with van der Waals surface area (Å²) >= 11 is 0. The Morgan fingerprint density at radius 1 is 1.17 bits per heavy atom. The summed E-state index contributed by atoms with van der Waals surface area (Å²) in [5.41, 5.74) is 4.31. The minimum atomic E-state index is -0.188. The molecule has 0 bridgehead atoms. The molecule has 3 rings (SSSR count). The van der Waals surface area contributed by atoms with Crippen molar-refractivity contribution < 1.29 is 9.18 Å². The third-order valence-corrected chi connectivity index (χ3v) is 5.24. The van der Waals surface area contributed by atoms with E-state index in [1.54, 1.807) is 6.07 Å². The van der Waals surface area contributed by atoms with Crippen LogP contribution in [-0.2, 0) is 4.79 Å². The van der Waals surface area contributed by atoms with Crippen molar-refractivity contribution in [1.82, 2.24) is 0 Å². The maximum atomic E-state index is 13.8. The zero-order valence-electron chi connectivity index (χ0n) is 14.7. The molecule has 1 aliphatic carbocycles. The molecule has 3 heteroatoms. The van der Waals surface area contributed by atoms with Crippen LogP contribution in [0.1, 0.15) is 55.7 Å². The Kier molecular flexibility index (Phi) is 4.20. The molecule has 0 aliphatic heterocycles. The van der Waals surface area contributed by atoms with E-state index in [2.05, 4.69) is 25.2 Å². The summed E-state index contributed by atoms with van der Waals surface area (Å²) in [5.74, 6) is 0.262. The number of para-hydroxylation sites is 1. The largest absolute Gasteiger partial charge is 0.326 e. The van der Waals surface area contributed by atoms with Gasteiger partial charge in [0.15, 0.2) is 0 Å². The number of hydrogen-bond donors (Lipinski definition) is 1. The van der Waals surface area contributed by atoms with Gasteiger partial charge in [-0.3, -0.25) is 4.79 Å². The summed E-state index contributed by atoms with van der Waals surface area (Å²) in [4.78, 5) is 11.5. The van der Waals surface area contributed by atoms with Crippen molar-refractivity contribution in [2.45, 2.75) is 46.0 Å². The molecule has 2 aromatic carbocycles. The predicted molar refractivity (Wildman–Crippen MR) is 95.8 cm³/mol. The lowest BCUT2D eigenvalue weighted by atomic mass is 9.51. The molecule has 0 spiro atoms. The fraction of sp³-hybridized carbons (Fsp3) is 0.381. The Bertz CT molecular complexity index is 781. The Hall–Kier alpha value is -2.16. The van der Waals surface area contributed by atoms with Crippen molar-refractivity contribution in [2.24, 2.45) is 5.41 Å². The van der Waals surface area contributed by atoms with E-state index in [0.29, 0.717) is 0 Å². The molecule has 2 aromatic rings. The fourth-order valence-corrected chi connectivity index (χ4v) is 4.19. The van der Waals surface area contributed by atoms with E-state index < -0.39 is 0 Å². The molecule has 1 saturated carbocycles. The van der Waals surface area contributed by atoms with Gasteiger partial charge in [-0.05, 0) is 65.5 Å². The zero-order chi connectivity index (χ0) is 17.5. The van der Waals surface area contributed by atoms with Crippen LogP contribution in [-0.4, -0.2) is 5.91 Å². The van der Waals surface area contributed by atoms with Crippen molar-refractivity contribution in [3.63, 3.8) is 0 Å². The number of halogens is 1. The maximum Gasteiger partial charge on any atom is 0.221 e. The molecule has 1 amide bonds. The minimum Gasteiger partial charge on any atom is -0.326 e. The maximum absolute atomic E-state index is 13.8. The summed E-state index contributed by atoms with van der Waals surface area (Å²) in [6, 6.07) is 13.0. The van der Waals surface area contributed by atoms with Gasteiger partial charge in [-0.15, -0.1) is 0 Å². The molecule has 2 unspecified atom stereocenters. The van der Waals surface area contributed by atoms with Crippen LogP contribution in [0.3, 0.4) is 0 Å². The number of rotatable bonds is 3. The summed E-state index contributed by atoms with van der Waals surface area (Å²) in [6.45, 7) is 8.04. The monoisotopic (exact) mass is 325 g/mol. The van der Waals surface area contributed by atoms with Crippen LogP contribution in [0, 0.1) is 18.2 Å². The molecule has 1 fully saturated rings. The van der Waals surface area contributed by atoms with Crippen LogP contribution >= 0.6 is 0 Å². The van der Waals surface area contributed by atoms with Crippen LogP contribution in [0.25, 0.3) is 0 Å². The van der Waals surface area contributed by atoms with E-state index in [0.717, 1.165) is 28.8 Å². The number of benzene rings is 2. The van der Waals surface area contributed by atoms with Crippen LogP contribution < -0.4 is 5.32 Å². The number of nitrogens with one attached hydrogen (secondary N) is 1. The van der Waals surface area contributed by atoms with Gasteiger partial charge in [0.25, 0.3) is 0 Å². The molecule has 1 N–H and O–H groups in total. The average Bonchev–Trinajstić information content (AvgIpc) is 2.49. The molecule has 0 aromatic heterocycles. The fourth-order valence-electron chi connectivity index (χ4n) is 4.19. The van der Waals surface area contributed by atoms with Gasteiger partial charge < -0.3 is 5.32 Å². The van der Waals surface area contributed by atoms with Gasteiger partial charge in [0.05, 0.1) is 0 Å². The number of carbonyl (C=O) groups excluding carboxylic acids is 1. The lowest BCUT2D eigenvalue weighted by Gasteiger charge is -2.53. The predicted octanol–water partition coefficient (Wildman–Crippen LogP) is 5.39. The number of amides is 1. The molecule has 2 nitrogen and oxygen atoms in total. The van der Waals surface area contributed by atoms with Crippen molar-refractivity contribution in [2.75, 3.05) is 5.32 Å². The van der Waals surface area contributed by atoms with Gasteiger partial charge >= 0.3 is 0 Å². The molecular formula is C21H24FNO. The van der Waals surface area contributed by atoms with Gasteiger partial charge in [0.2, 0.25) is 5.91 Å². The van der Waals surface area contributed by atoms with Crippen molar-refractivity contribution in [3.8, 4) is 0 Å². The molecule has 0 radical (unpaired) electrons. The first-order valence-electron chi connectivity index (χ1n) is 8.42. The molecule has 126 valence electrons. The third kappa shape index (κ3) is 2.95. The lowest BCUT2D eigenvalue weighted by molar-refractivity contribution is -0.114. The first kappa shape index (κ1) is 16.7. The highest BCUT2D eigenvalue weighted by atomic mass is 19.1. The van der Waals surface area contributed by atoms with Crippen molar-refractivity contribution in [1.29, 1.82) is 0 Å². The lowest BCUT2D eigenvalue weighted by Crippen LogP contribution is -2.41. The van der Waals surface area contributed by atoms with Gasteiger partial charge in [-0.25, -0.2) is 4.39 Å². The molecule has 24 heavy (non-hydrogen) atoms. The molecule has 2 atom stereocenters. The second-order valence-electron chi connectivity index (χ2n) is 7.55. The number of anilines is 1. The Balaban J connectivity index is 2.03. The highest BCUT2D eigenvalue weighted by Gasteiger charge is 2.49. The quantitative estimate of drug-likeness (QED) is 0.805. The molecular weight excluding hydrogens is 301 g/mol. The first-order valence-corrected chi connectivity index (χ1v) is 8.42. The van der Waals surface area contributed by atoms with Gasteiger partial charge in [-0.2, -0.15) is 0 Å². The van der Waals surface area contributed by atoms with E-state index >= 15 is 0 Å². The summed E-state index contributed by atoms with van der Waals surface area (Å²) in [7, 11) is 0. The van der Waals surface area contributed by atoms with Crippen LogP contribution in [0.4, 0.5) is 10.1 Å². The second kappa shape index (κ2) is 6.04. The van der Waals surface area contributed by atoms with E-state index in [1.807, 2.05) is 31.2 Å². The summed E-state index contributed by atoms with van der Waals surface area (Å²) in [5, 5.41) is 2.93. The zero-order valence-corrected chi connectivity index (χ0v) is 14.7. The summed E-state index contributed by atoms with van der Waals surface area (Å²) in [6.07, 6.45) is 1.02. The van der Waals surface area contributed by atoms with Crippen LogP contribution in [0.5, 0.6) is 0 Å². The molecule has 0 saturated heterocycles. The Morgan fingerprint density at radius 3 is 2.54 bits per heavy atom. The van der Waals surface area contributed by atoms with E-state index in [4.69, 9.17) is 0 Å². The topological polar surface area (TPSA) is 29.1 Å². The van der Waals surface area contributed by atoms with E-state index in [1.165, 1.54) is 13.0 Å². The number of carbonyl (C=O) groups is 1. The van der Waals surface area contributed by atoms with E-state index in [-0.39, 0.29) is 29.0 Å². The van der Waals surface area contributed by atoms with Crippen LogP contribution in [0.2, 0.25) is 0 Å². The molecule has 1 aliphatic rings. The third-order valence-electron chi connectivity index (χ3n) is 5.24. The Labute approximate surface area is 143 Å². The second-order valence-corrected chi connectivity index (χ2v) is 7.55. The number of aryl methyl sites for hydroxylation is 1. The minimum absolute atomic E-state index is 0.0699. The molecule has 0 heterocycles. The van der Waals surface area contributed by atoms with Gasteiger partial charge in [0, 0.05) is 12.6 Å².